The van der Waals surface area contributed by atoms with Gasteiger partial charge in [-0.1, -0.05) is 0 Å². The Labute approximate surface area is 88.0 Å². The maximum Gasteiger partial charge on any atom is 0.298 e. The number of nitro benzene ring substituents is 1. The maximum atomic E-state index is 10.5. The topological polar surface area (TPSA) is 69.4 Å². The van der Waals surface area contributed by atoms with Crippen LogP contribution in [0, 0.1) is 10.1 Å². The van der Waals surface area contributed by atoms with E-state index in [0.29, 0.717) is 17.6 Å². The Kier molecular flexibility index (Phi) is 2.34. The summed E-state index contributed by atoms with van der Waals surface area (Å²) in [6, 6.07) is 4.45. The number of benzene rings is 1. The third-order valence-corrected chi connectivity index (χ3v) is 2.85. The first-order valence-electron chi connectivity index (χ1n) is 3.98. The molecule has 0 aliphatic heterocycles. The molecular formula is C9H5NO4S. The fraction of sp³-hybridized carbons (Fsp3) is 0. The first kappa shape index (κ1) is 9.60. The molecule has 1 heterocycles. The minimum absolute atomic E-state index is 0.0170. The zero-order chi connectivity index (χ0) is 10.8. The molecule has 0 unspecified atom stereocenters. The number of nitro groups is 1. The van der Waals surface area contributed by atoms with E-state index in [0.717, 1.165) is 4.70 Å². The predicted octanol–water partition coefficient (Wildman–Crippen LogP) is 2.34. The van der Waals surface area contributed by atoms with Gasteiger partial charge in [0.1, 0.15) is 5.75 Å². The molecule has 0 bridgehead atoms. The molecule has 0 atom stereocenters. The molecule has 0 saturated carbocycles. The van der Waals surface area contributed by atoms with E-state index in [2.05, 4.69) is 0 Å². The average molecular weight is 223 g/mol. The summed E-state index contributed by atoms with van der Waals surface area (Å²) >= 11 is 1.37. The molecule has 0 radical (unpaired) electrons. The van der Waals surface area contributed by atoms with Crippen LogP contribution in [0.4, 0.5) is 5.69 Å². The molecule has 0 saturated heterocycles. The van der Waals surface area contributed by atoms with E-state index in [1.165, 1.54) is 23.5 Å². The molecule has 0 aliphatic carbocycles. The summed E-state index contributed by atoms with van der Waals surface area (Å²) in [5.74, 6) is 0.355. The van der Waals surface area contributed by atoms with Crippen molar-refractivity contribution in [2.24, 2.45) is 0 Å². The first-order valence-corrected chi connectivity index (χ1v) is 4.86. The number of carbonyl (C=O) groups is 1. The van der Waals surface area contributed by atoms with Crippen LogP contribution in [0.3, 0.4) is 0 Å². The lowest BCUT2D eigenvalue weighted by Gasteiger charge is -1.95. The van der Waals surface area contributed by atoms with Gasteiger partial charge in [-0.2, -0.15) is 0 Å². The molecule has 2 rings (SSSR count). The number of hydrogen-bond acceptors (Lipinski definition) is 5. The number of rotatable bonds is 3. The number of nitrogens with zero attached hydrogens (tertiary/aromatic N) is 1. The van der Waals surface area contributed by atoms with Gasteiger partial charge in [-0.15, -0.1) is 11.3 Å². The molecule has 0 N–H and O–H groups in total. The van der Waals surface area contributed by atoms with Crippen molar-refractivity contribution in [3.63, 3.8) is 0 Å². The van der Waals surface area contributed by atoms with Crippen LogP contribution in [0.2, 0.25) is 0 Å². The Morgan fingerprint density at radius 3 is 2.93 bits per heavy atom. The van der Waals surface area contributed by atoms with Gasteiger partial charge in [0.2, 0.25) is 0 Å². The molecule has 5 nitrogen and oxygen atoms in total. The fourth-order valence-corrected chi connectivity index (χ4v) is 2.10. The van der Waals surface area contributed by atoms with Gasteiger partial charge >= 0.3 is 0 Å². The summed E-state index contributed by atoms with van der Waals surface area (Å²) in [5.41, 5.74) is -0.0170. The van der Waals surface area contributed by atoms with Crippen LogP contribution in [-0.4, -0.2) is 11.4 Å². The van der Waals surface area contributed by atoms with Gasteiger partial charge in [0.05, 0.1) is 4.92 Å². The maximum absolute atomic E-state index is 10.5. The van der Waals surface area contributed by atoms with Crippen molar-refractivity contribution in [1.82, 2.24) is 0 Å². The molecule has 0 amide bonds. The van der Waals surface area contributed by atoms with Gasteiger partial charge in [0.15, 0.2) is 0 Å². The van der Waals surface area contributed by atoms with Crippen LogP contribution >= 0.6 is 11.3 Å². The lowest BCUT2D eigenvalue weighted by molar-refractivity contribution is -0.384. The van der Waals surface area contributed by atoms with Crippen LogP contribution in [0.5, 0.6) is 5.75 Å². The van der Waals surface area contributed by atoms with E-state index in [4.69, 9.17) is 4.74 Å². The van der Waals surface area contributed by atoms with Crippen LogP contribution in [0.15, 0.2) is 23.6 Å². The third-order valence-electron chi connectivity index (χ3n) is 1.91. The lowest BCUT2D eigenvalue weighted by Crippen LogP contribution is -1.88. The summed E-state index contributed by atoms with van der Waals surface area (Å²) in [4.78, 5) is 20.2. The normalized spacial score (nSPS) is 10.1. The fourth-order valence-electron chi connectivity index (χ4n) is 1.25. The van der Waals surface area contributed by atoms with Crippen LogP contribution < -0.4 is 4.74 Å². The SMILES string of the molecule is O=COc1csc2ccc([N+](=O)[O-])cc12. The standard InChI is InChI=1S/C9H5NO4S/c11-5-14-8-4-15-9-2-1-6(10(12)13)3-7(8)9/h1-5H. The Hall–Kier alpha value is -1.95. The van der Waals surface area contributed by atoms with E-state index < -0.39 is 4.92 Å². The zero-order valence-electron chi connectivity index (χ0n) is 7.38. The number of carbonyl (C=O) groups excluding carboxylic acids is 1. The highest BCUT2D eigenvalue weighted by Crippen LogP contribution is 2.34. The highest BCUT2D eigenvalue weighted by atomic mass is 32.1. The molecule has 1 aromatic heterocycles. The Balaban J connectivity index is 2.60. The number of hydrogen-bond donors (Lipinski definition) is 0. The summed E-state index contributed by atoms with van der Waals surface area (Å²) in [6.45, 7) is 0.306. The molecule has 1 aromatic carbocycles. The van der Waals surface area contributed by atoms with Crippen molar-refractivity contribution in [1.29, 1.82) is 0 Å². The summed E-state index contributed by atoms with van der Waals surface area (Å²) in [5, 5.41) is 12.8. The largest absolute Gasteiger partial charge is 0.427 e. The van der Waals surface area contributed by atoms with E-state index in [-0.39, 0.29) is 5.69 Å². The monoisotopic (exact) mass is 223 g/mol. The van der Waals surface area contributed by atoms with E-state index in [9.17, 15) is 14.9 Å². The molecule has 6 heteroatoms. The molecule has 0 spiro atoms. The van der Waals surface area contributed by atoms with Gasteiger partial charge in [0, 0.05) is 27.6 Å². The average Bonchev–Trinajstić information content (AvgIpc) is 2.61. The Bertz CT molecular complexity index is 534. The van der Waals surface area contributed by atoms with Crippen LogP contribution in [-0.2, 0) is 4.79 Å². The molecule has 76 valence electrons. The van der Waals surface area contributed by atoms with Crippen molar-refractivity contribution < 1.29 is 14.5 Å². The quantitative estimate of drug-likeness (QED) is 0.455. The second kappa shape index (κ2) is 3.66. The van der Waals surface area contributed by atoms with Crippen molar-refractivity contribution in [3.8, 4) is 5.75 Å². The molecule has 15 heavy (non-hydrogen) atoms. The second-order valence-corrected chi connectivity index (χ2v) is 3.66. The second-order valence-electron chi connectivity index (χ2n) is 2.75. The van der Waals surface area contributed by atoms with Gasteiger partial charge in [-0.3, -0.25) is 14.9 Å². The smallest absolute Gasteiger partial charge is 0.298 e. The first-order chi connectivity index (χ1) is 7.22. The lowest BCUT2D eigenvalue weighted by atomic mass is 10.2. The highest BCUT2D eigenvalue weighted by molar-refractivity contribution is 7.17. The predicted molar refractivity (Wildman–Crippen MR) is 55.2 cm³/mol. The summed E-state index contributed by atoms with van der Waals surface area (Å²) in [6.07, 6.45) is 0. The van der Waals surface area contributed by atoms with E-state index >= 15 is 0 Å². The number of thiophene rings is 1. The van der Waals surface area contributed by atoms with Crippen molar-refractivity contribution in [3.05, 3.63) is 33.7 Å². The Morgan fingerprint density at radius 1 is 1.47 bits per heavy atom. The number of fused-ring (bicyclic) bond motifs is 1. The molecule has 0 aliphatic rings. The number of non-ortho nitro benzene ring substituents is 1. The molecular weight excluding hydrogens is 218 g/mol. The third kappa shape index (κ3) is 1.66. The Morgan fingerprint density at radius 2 is 2.27 bits per heavy atom. The summed E-state index contributed by atoms with van der Waals surface area (Å²) in [7, 11) is 0. The summed E-state index contributed by atoms with van der Waals surface area (Å²) < 4.78 is 5.55. The van der Waals surface area contributed by atoms with Gasteiger partial charge < -0.3 is 4.74 Å². The van der Waals surface area contributed by atoms with E-state index in [1.807, 2.05) is 0 Å². The van der Waals surface area contributed by atoms with Crippen LogP contribution in [0.1, 0.15) is 0 Å². The van der Waals surface area contributed by atoms with Crippen molar-refractivity contribution in [2.75, 3.05) is 0 Å². The van der Waals surface area contributed by atoms with Crippen molar-refractivity contribution in [2.45, 2.75) is 0 Å². The highest BCUT2D eigenvalue weighted by Gasteiger charge is 2.11. The minimum Gasteiger partial charge on any atom is -0.427 e. The van der Waals surface area contributed by atoms with Gasteiger partial charge in [0.25, 0.3) is 12.2 Å². The van der Waals surface area contributed by atoms with Crippen molar-refractivity contribution >= 4 is 33.6 Å². The zero-order valence-corrected chi connectivity index (χ0v) is 8.19. The van der Waals surface area contributed by atoms with E-state index in [1.54, 1.807) is 11.4 Å². The van der Waals surface area contributed by atoms with Crippen LogP contribution in [0.25, 0.3) is 10.1 Å². The molecule has 0 fully saturated rings. The number of ether oxygens (including phenoxy) is 1. The molecule has 2 aromatic rings. The van der Waals surface area contributed by atoms with Gasteiger partial charge in [-0.05, 0) is 6.07 Å². The minimum atomic E-state index is -0.484. The van der Waals surface area contributed by atoms with Gasteiger partial charge in [-0.25, -0.2) is 0 Å².